The van der Waals surface area contributed by atoms with Gasteiger partial charge >= 0.3 is 0 Å². The van der Waals surface area contributed by atoms with Crippen molar-refractivity contribution < 1.29 is 19.4 Å². The summed E-state index contributed by atoms with van der Waals surface area (Å²) >= 11 is 0. The van der Waals surface area contributed by atoms with Gasteiger partial charge in [-0.15, -0.1) is 0 Å². The molecule has 26 heavy (non-hydrogen) atoms. The van der Waals surface area contributed by atoms with Crippen LogP contribution < -0.4 is 4.90 Å². The number of carbonyl (C=O) groups is 1. The van der Waals surface area contributed by atoms with E-state index < -0.39 is 6.10 Å². The summed E-state index contributed by atoms with van der Waals surface area (Å²) in [6.45, 7) is 4.51. The Hall–Kier alpha value is -2.16. The van der Waals surface area contributed by atoms with Crippen LogP contribution >= 0.6 is 0 Å². The molecular formula is C18H24N4O4. The van der Waals surface area contributed by atoms with E-state index in [9.17, 15) is 9.90 Å². The molecule has 0 saturated carbocycles. The monoisotopic (exact) mass is 360 g/mol. The third kappa shape index (κ3) is 3.27. The minimum absolute atomic E-state index is 0.102. The van der Waals surface area contributed by atoms with Crippen LogP contribution in [0.2, 0.25) is 0 Å². The molecule has 8 nitrogen and oxygen atoms in total. The topological polar surface area (TPSA) is 80.1 Å². The molecule has 2 aliphatic heterocycles. The molecule has 8 heteroatoms. The molecule has 2 fully saturated rings. The highest BCUT2D eigenvalue weighted by molar-refractivity contribution is 5.97. The number of aromatic nitrogens is 2. The molecule has 3 heterocycles. The lowest BCUT2D eigenvalue weighted by Crippen LogP contribution is -2.37. The molecule has 2 aromatic rings. The number of aliphatic hydroxyl groups excluding tert-OH is 1. The van der Waals surface area contributed by atoms with Crippen LogP contribution in [0, 0.1) is 0 Å². The Balaban J connectivity index is 1.61. The number of hydrogen-bond acceptors (Lipinski definition) is 6. The minimum Gasteiger partial charge on any atom is -0.389 e. The zero-order valence-electron chi connectivity index (χ0n) is 14.9. The van der Waals surface area contributed by atoms with Crippen molar-refractivity contribution in [1.82, 2.24) is 14.5 Å². The molecule has 140 valence electrons. The quantitative estimate of drug-likeness (QED) is 0.827. The Labute approximate surface area is 151 Å². The van der Waals surface area contributed by atoms with Gasteiger partial charge in [-0.1, -0.05) is 0 Å². The summed E-state index contributed by atoms with van der Waals surface area (Å²) in [7, 11) is 1.99. The van der Waals surface area contributed by atoms with Crippen LogP contribution in [0.15, 0.2) is 18.2 Å². The summed E-state index contributed by atoms with van der Waals surface area (Å²) in [6, 6.07) is 5.59. The number of rotatable bonds is 2. The van der Waals surface area contributed by atoms with Crippen LogP contribution in [0.25, 0.3) is 11.0 Å². The zero-order valence-corrected chi connectivity index (χ0v) is 14.9. The number of aliphatic hydroxyl groups is 1. The van der Waals surface area contributed by atoms with Gasteiger partial charge in [0.05, 0.1) is 43.6 Å². The van der Waals surface area contributed by atoms with E-state index in [0.717, 1.165) is 30.1 Å². The number of carbonyl (C=O) groups excluding carboxylic acids is 1. The average Bonchev–Trinajstić information content (AvgIpc) is 2.84. The van der Waals surface area contributed by atoms with E-state index in [1.54, 1.807) is 4.90 Å². The molecule has 1 amide bonds. The number of ether oxygens (including phenoxy) is 2. The van der Waals surface area contributed by atoms with Crippen molar-refractivity contribution in [2.75, 3.05) is 57.5 Å². The Morgan fingerprint density at radius 1 is 1.19 bits per heavy atom. The maximum Gasteiger partial charge on any atom is 0.254 e. The second-order valence-corrected chi connectivity index (χ2v) is 6.75. The van der Waals surface area contributed by atoms with Gasteiger partial charge in [0.1, 0.15) is 0 Å². The number of morpholine rings is 1. The van der Waals surface area contributed by atoms with E-state index in [4.69, 9.17) is 14.5 Å². The largest absolute Gasteiger partial charge is 0.389 e. The fourth-order valence-corrected chi connectivity index (χ4v) is 3.53. The summed E-state index contributed by atoms with van der Waals surface area (Å²) < 4.78 is 12.8. The van der Waals surface area contributed by atoms with E-state index in [1.807, 2.05) is 25.2 Å². The average molecular weight is 360 g/mol. The second kappa shape index (κ2) is 7.22. The zero-order chi connectivity index (χ0) is 18.1. The molecule has 4 rings (SSSR count). The number of amides is 1. The molecule has 0 unspecified atom stereocenters. The fraction of sp³-hybridized carbons (Fsp3) is 0.556. The van der Waals surface area contributed by atoms with Crippen LogP contribution in [0.5, 0.6) is 0 Å². The van der Waals surface area contributed by atoms with Crippen LogP contribution in [0.1, 0.15) is 10.4 Å². The molecular weight excluding hydrogens is 336 g/mol. The SMILES string of the molecule is Cn1c(N2CCOCC2)nc2cc(C(=O)N3CCOC[C@@H](O)C3)ccc21. The number of β-amino-alcohol motifs (C(OH)–C–C–N with tert-alkyl or cyclic N) is 1. The maximum absolute atomic E-state index is 12.8. The molecule has 1 aromatic carbocycles. The number of aryl methyl sites for hydroxylation is 1. The van der Waals surface area contributed by atoms with Crippen LogP contribution in [-0.4, -0.2) is 84.2 Å². The molecule has 1 N–H and O–H groups in total. The standard InChI is InChI=1S/C18H24N4O4/c1-20-16-3-2-13(17(24)22-6-9-26-12-14(23)11-22)10-15(16)19-18(20)21-4-7-25-8-5-21/h2-3,10,14,23H,4-9,11-12H2,1H3/t14-/m0/s1. The number of benzene rings is 1. The van der Waals surface area contributed by atoms with E-state index in [-0.39, 0.29) is 19.1 Å². The number of imidazole rings is 1. The van der Waals surface area contributed by atoms with E-state index in [1.165, 1.54) is 0 Å². The third-order valence-corrected chi connectivity index (χ3v) is 4.93. The Morgan fingerprint density at radius 3 is 2.77 bits per heavy atom. The van der Waals surface area contributed by atoms with Gasteiger partial charge in [-0.2, -0.15) is 0 Å². The first-order valence-corrected chi connectivity index (χ1v) is 8.98. The summed E-state index contributed by atoms with van der Waals surface area (Å²) in [5, 5.41) is 9.86. The number of hydrogen-bond donors (Lipinski definition) is 1. The van der Waals surface area contributed by atoms with Crippen LogP contribution in [-0.2, 0) is 16.5 Å². The predicted molar refractivity (Wildman–Crippen MR) is 96.5 cm³/mol. The normalized spacial score (nSPS) is 21.8. The van der Waals surface area contributed by atoms with Gasteiger partial charge in [-0.3, -0.25) is 4.79 Å². The highest BCUT2D eigenvalue weighted by Gasteiger charge is 2.23. The van der Waals surface area contributed by atoms with Crippen molar-refractivity contribution in [1.29, 1.82) is 0 Å². The van der Waals surface area contributed by atoms with E-state index in [2.05, 4.69) is 9.47 Å². The van der Waals surface area contributed by atoms with E-state index in [0.29, 0.717) is 31.9 Å². The van der Waals surface area contributed by atoms with E-state index >= 15 is 0 Å². The predicted octanol–water partition coefficient (Wildman–Crippen LogP) is 0.243. The molecule has 0 spiro atoms. The first-order valence-electron chi connectivity index (χ1n) is 8.98. The van der Waals surface area contributed by atoms with Gasteiger partial charge in [-0.25, -0.2) is 4.98 Å². The lowest BCUT2D eigenvalue weighted by atomic mass is 10.1. The third-order valence-electron chi connectivity index (χ3n) is 4.93. The second-order valence-electron chi connectivity index (χ2n) is 6.75. The van der Waals surface area contributed by atoms with Crippen molar-refractivity contribution in [3.63, 3.8) is 0 Å². The first-order chi connectivity index (χ1) is 12.6. The van der Waals surface area contributed by atoms with Crippen molar-refractivity contribution in [2.24, 2.45) is 7.05 Å². The summed E-state index contributed by atoms with van der Waals surface area (Å²) in [6.07, 6.45) is -0.645. The molecule has 0 bridgehead atoms. The lowest BCUT2D eigenvalue weighted by molar-refractivity contribution is 0.0534. The molecule has 0 aliphatic carbocycles. The van der Waals surface area contributed by atoms with Crippen molar-refractivity contribution in [3.05, 3.63) is 23.8 Å². The van der Waals surface area contributed by atoms with Crippen molar-refractivity contribution in [2.45, 2.75) is 6.10 Å². The van der Waals surface area contributed by atoms with Gasteiger partial charge < -0.3 is 28.9 Å². The highest BCUT2D eigenvalue weighted by atomic mass is 16.5. The Morgan fingerprint density at radius 2 is 1.96 bits per heavy atom. The van der Waals surface area contributed by atoms with Crippen LogP contribution in [0.4, 0.5) is 5.95 Å². The Bertz CT molecular complexity index is 800. The van der Waals surface area contributed by atoms with Gasteiger partial charge in [0.2, 0.25) is 5.95 Å². The van der Waals surface area contributed by atoms with Crippen molar-refractivity contribution >= 4 is 22.9 Å². The molecule has 2 saturated heterocycles. The smallest absolute Gasteiger partial charge is 0.254 e. The lowest BCUT2D eigenvalue weighted by Gasteiger charge is -2.27. The summed E-state index contributed by atoms with van der Waals surface area (Å²) in [4.78, 5) is 21.4. The fourth-order valence-electron chi connectivity index (χ4n) is 3.53. The van der Waals surface area contributed by atoms with Gasteiger partial charge in [0.25, 0.3) is 5.91 Å². The molecule has 2 aliphatic rings. The van der Waals surface area contributed by atoms with Gasteiger partial charge in [0.15, 0.2) is 0 Å². The first kappa shape index (κ1) is 17.3. The number of fused-ring (bicyclic) bond motifs is 1. The highest BCUT2D eigenvalue weighted by Crippen LogP contribution is 2.23. The summed E-state index contributed by atoms with van der Waals surface area (Å²) in [5.74, 6) is 0.793. The molecule has 1 atom stereocenters. The molecule has 1 aromatic heterocycles. The minimum atomic E-state index is -0.645. The number of nitrogens with zero attached hydrogens (tertiary/aromatic N) is 4. The van der Waals surface area contributed by atoms with Crippen molar-refractivity contribution in [3.8, 4) is 0 Å². The maximum atomic E-state index is 12.8. The Kier molecular flexibility index (Phi) is 4.80. The van der Waals surface area contributed by atoms with Gasteiger partial charge in [0, 0.05) is 38.8 Å². The van der Waals surface area contributed by atoms with Gasteiger partial charge in [-0.05, 0) is 18.2 Å². The number of anilines is 1. The summed E-state index contributed by atoms with van der Waals surface area (Å²) in [5.41, 5.74) is 2.37. The van der Waals surface area contributed by atoms with Crippen LogP contribution in [0.3, 0.4) is 0 Å². The molecule has 0 radical (unpaired) electrons.